The molecule has 0 radical (unpaired) electrons. The van der Waals surface area contributed by atoms with Gasteiger partial charge in [-0.15, -0.1) is 0 Å². The summed E-state index contributed by atoms with van der Waals surface area (Å²) in [7, 11) is 1.65. The first-order valence-corrected chi connectivity index (χ1v) is 9.82. The topological polar surface area (TPSA) is 67.8 Å². The molecule has 2 heterocycles. The van der Waals surface area contributed by atoms with Crippen LogP contribution >= 0.6 is 0 Å². The van der Waals surface area contributed by atoms with Crippen molar-refractivity contribution in [3.05, 3.63) is 63.2 Å². The van der Waals surface area contributed by atoms with Crippen LogP contribution in [0.25, 0.3) is 0 Å². The molecule has 0 unspecified atom stereocenters. The van der Waals surface area contributed by atoms with E-state index in [1.807, 2.05) is 18.2 Å². The molecular formula is C23H27NO4. The van der Waals surface area contributed by atoms with Crippen LogP contribution in [0.15, 0.2) is 24.3 Å². The SMILES string of the molecule is COc1ccc(Cc2cc3c(c(C)c2C)CNC3=O)c([C@H]2COCC[C@@H]2O)c1. The average Bonchev–Trinajstić information content (AvgIpc) is 3.07. The Labute approximate surface area is 165 Å². The van der Waals surface area contributed by atoms with Gasteiger partial charge < -0.3 is 19.9 Å². The summed E-state index contributed by atoms with van der Waals surface area (Å²) < 4.78 is 11.1. The number of hydrogen-bond donors (Lipinski definition) is 2. The molecule has 1 amide bonds. The van der Waals surface area contributed by atoms with E-state index in [1.165, 1.54) is 11.1 Å². The molecule has 5 heteroatoms. The monoisotopic (exact) mass is 381 g/mol. The lowest BCUT2D eigenvalue weighted by Gasteiger charge is -2.30. The number of methoxy groups -OCH3 is 1. The number of hydrogen-bond acceptors (Lipinski definition) is 4. The Morgan fingerprint density at radius 3 is 2.79 bits per heavy atom. The van der Waals surface area contributed by atoms with Crippen LogP contribution in [0, 0.1) is 13.8 Å². The summed E-state index contributed by atoms with van der Waals surface area (Å²) in [4.78, 5) is 12.2. The Kier molecular flexibility index (Phi) is 5.13. The molecule has 2 aliphatic heterocycles. The van der Waals surface area contributed by atoms with Crippen LogP contribution in [0.3, 0.4) is 0 Å². The van der Waals surface area contributed by atoms with Crippen molar-refractivity contribution in [3.63, 3.8) is 0 Å². The van der Waals surface area contributed by atoms with Gasteiger partial charge in [-0.3, -0.25) is 4.79 Å². The molecular weight excluding hydrogens is 354 g/mol. The van der Waals surface area contributed by atoms with Gasteiger partial charge in [0.2, 0.25) is 0 Å². The molecule has 0 aromatic heterocycles. The minimum atomic E-state index is -0.423. The highest BCUT2D eigenvalue weighted by molar-refractivity contribution is 5.99. The van der Waals surface area contributed by atoms with Gasteiger partial charge in [-0.25, -0.2) is 0 Å². The summed E-state index contributed by atoms with van der Waals surface area (Å²) in [6, 6.07) is 8.07. The largest absolute Gasteiger partial charge is 0.497 e. The number of carbonyl (C=O) groups excluding carboxylic acids is 1. The van der Waals surface area contributed by atoms with E-state index >= 15 is 0 Å². The molecule has 0 saturated carbocycles. The van der Waals surface area contributed by atoms with Gasteiger partial charge in [0, 0.05) is 24.6 Å². The van der Waals surface area contributed by atoms with Gasteiger partial charge in [-0.05, 0) is 78.3 Å². The number of carbonyl (C=O) groups is 1. The van der Waals surface area contributed by atoms with Crippen molar-refractivity contribution in [2.45, 2.75) is 45.3 Å². The Bertz CT molecular complexity index is 921. The van der Waals surface area contributed by atoms with E-state index in [-0.39, 0.29) is 11.8 Å². The normalized spacial score (nSPS) is 21.4. The van der Waals surface area contributed by atoms with Crippen LogP contribution in [0.1, 0.15) is 56.1 Å². The van der Waals surface area contributed by atoms with Crippen molar-refractivity contribution in [2.75, 3.05) is 20.3 Å². The highest BCUT2D eigenvalue weighted by Gasteiger charge is 2.28. The molecule has 28 heavy (non-hydrogen) atoms. The summed E-state index contributed by atoms with van der Waals surface area (Å²) in [5.41, 5.74) is 7.64. The summed E-state index contributed by atoms with van der Waals surface area (Å²) in [6.45, 7) is 5.92. The molecule has 2 atom stereocenters. The number of nitrogens with one attached hydrogen (secondary N) is 1. The molecule has 2 aromatic carbocycles. The second kappa shape index (κ2) is 7.57. The molecule has 0 aliphatic carbocycles. The van der Waals surface area contributed by atoms with Gasteiger partial charge in [0.05, 0.1) is 19.8 Å². The number of amides is 1. The molecule has 148 valence electrons. The van der Waals surface area contributed by atoms with Crippen LogP contribution in [-0.2, 0) is 17.7 Å². The van der Waals surface area contributed by atoms with Gasteiger partial charge in [-0.1, -0.05) is 6.07 Å². The lowest BCUT2D eigenvalue weighted by Crippen LogP contribution is -2.30. The molecule has 2 aliphatic rings. The van der Waals surface area contributed by atoms with Crippen molar-refractivity contribution in [3.8, 4) is 5.75 Å². The second-order valence-corrected chi connectivity index (χ2v) is 7.77. The van der Waals surface area contributed by atoms with E-state index in [9.17, 15) is 9.90 Å². The maximum Gasteiger partial charge on any atom is 0.251 e. The first-order chi connectivity index (χ1) is 13.5. The van der Waals surface area contributed by atoms with Crippen molar-refractivity contribution >= 4 is 5.91 Å². The Morgan fingerprint density at radius 1 is 1.21 bits per heavy atom. The zero-order valence-corrected chi connectivity index (χ0v) is 16.7. The number of benzene rings is 2. The number of fused-ring (bicyclic) bond motifs is 1. The zero-order chi connectivity index (χ0) is 19.8. The summed E-state index contributed by atoms with van der Waals surface area (Å²) in [6.07, 6.45) is 0.919. The second-order valence-electron chi connectivity index (χ2n) is 7.77. The fourth-order valence-corrected chi connectivity index (χ4v) is 4.35. The first kappa shape index (κ1) is 19.0. The van der Waals surface area contributed by atoms with Gasteiger partial charge in [-0.2, -0.15) is 0 Å². The fraction of sp³-hybridized carbons (Fsp3) is 0.435. The van der Waals surface area contributed by atoms with E-state index in [1.54, 1.807) is 7.11 Å². The van der Waals surface area contributed by atoms with Gasteiger partial charge in [0.1, 0.15) is 5.75 Å². The molecule has 0 spiro atoms. The maximum atomic E-state index is 12.2. The van der Waals surface area contributed by atoms with Gasteiger partial charge in [0.25, 0.3) is 5.91 Å². The predicted molar refractivity (Wildman–Crippen MR) is 107 cm³/mol. The Morgan fingerprint density at radius 2 is 2.04 bits per heavy atom. The van der Waals surface area contributed by atoms with Crippen LogP contribution in [0.2, 0.25) is 0 Å². The van der Waals surface area contributed by atoms with Crippen molar-refractivity contribution < 1.29 is 19.4 Å². The lowest BCUT2D eigenvalue weighted by atomic mass is 9.84. The van der Waals surface area contributed by atoms with E-state index in [0.717, 1.165) is 33.6 Å². The summed E-state index contributed by atoms with van der Waals surface area (Å²) in [5.74, 6) is 0.709. The minimum absolute atomic E-state index is 0.00501. The molecule has 1 saturated heterocycles. The third kappa shape index (κ3) is 3.29. The van der Waals surface area contributed by atoms with E-state index in [4.69, 9.17) is 9.47 Å². The highest BCUT2D eigenvalue weighted by atomic mass is 16.5. The van der Waals surface area contributed by atoms with Crippen molar-refractivity contribution in [2.24, 2.45) is 0 Å². The summed E-state index contributed by atoms with van der Waals surface area (Å²) >= 11 is 0. The van der Waals surface area contributed by atoms with Crippen LogP contribution in [0.4, 0.5) is 0 Å². The van der Waals surface area contributed by atoms with Gasteiger partial charge >= 0.3 is 0 Å². The smallest absolute Gasteiger partial charge is 0.251 e. The number of aliphatic hydroxyl groups is 1. The lowest BCUT2D eigenvalue weighted by molar-refractivity contribution is -0.00618. The molecule has 2 N–H and O–H groups in total. The highest BCUT2D eigenvalue weighted by Crippen LogP contribution is 2.34. The number of ether oxygens (including phenoxy) is 2. The van der Waals surface area contributed by atoms with Crippen molar-refractivity contribution in [1.29, 1.82) is 0 Å². The first-order valence-electron chi connectivity index (χ1n) is 9.82. The van der Waals surface area contributed by atoms with E-state index in [2.05, 4.69) is 25.2 Å². The summed E-state index contributed by atoms with van der Waals surface area (Å²) in [5, 5.41) is 13.5. The number of aliphatic hydroxyl groups excluding tert-OH is 1. The fourth-order valence-electron chi connectivity index (χ4n) is 4.35. The maximum absolute atomic E-state index is 12.2. The third-order valence-electron chi connectivity index (χ3n) is 6.26. The molecule has 5 nitrogen and oxygen atoms in total. The minimum Gasteiger partial charge on any atom is -0.497 e. The Balaban J connectivity index is 1.75. The standard InChI is InChI=1S/C23H27NO4/c1-13-14(2)20-11-24-23(26)19(20)9-16(13)8-15-4-5-17(27-3)10-18(15)21-12-28-7-6-22(21)25/h4-5,9-10,21-22,25H,6-8,11-12H2,1-3H3,(H,24,26)/t21-,22+/m1/s1. The number of rotatable bonds is 4. The Hall–Kier alpha value is -2.37. The van der Waals surface area contributed by atoms with Crippen LogP contribution in [0.5, 0.6) is 5.75 Å². The van der Waals surface area contributed by atoms with Crippen molar-refractivity contribution in [1.82, 2.24) is 5.32 Å². The molecule has 4 rings (SSSR count). The van der Waals surface area contributed by atoms with Crippen LogP contribution < -0.4 is 10.1 Å². The van der Waals surface area contributed by atoms with E-state index < -0.39 is 6.10 Å². The average molecular weight is 381 g/mol. The van der Waals surface area contributed by atoms with Crippen LogP contribution in [-0.4, -0.2) is 37.4 Å². The molecule has 0 bridgehead atoms. The molecule has 1 fully saturated rings. The quantitative estimate of drug-likeness (QED) is 0.854. The van der Waals surface area contributed by atoms with E-state index in [0.29, 0.717) is 32.6 Å². The third-order valence-corrected chi connectivity index (χ3v) is 6.26. The molecule has 2 aromatic rings. The predicted octanol–water partition coefficient (Wildman–Crippen LogP) is 3.01. The zero-order valence-electron chi connectivity index (χ0n) is 16.7. The van der Waals surface area contributed by atoms with Gasteiger partial charge in [0.15, 0.2) is 0 Å².